The summed E-state index contributed by atoms with van der Waals surface area (Å²) in [6.45, 7) is 2.07. The maximum atomic E-state index is 11.9. The van der Waals surface area contributed by atoms with Gasteiger partial charge in [0.05, 0.1) is 0 Å². The summed E-state index contributed by atoms with van der Waals surface area (Å²) in [5, 5.41) is 8.69. The lowest BCUT2D eigenvalue weighted by atomic mass is 10.2. The maximum absolute atomic E-state index is 11.9. The van der Waals surface area contributed by atoms with Crippen molar-refractivity contribution in [1.29, 1.82) is 0 Å². The molecular weight excluding hydrogens is 377 g/mol. The van der Waals surface area contributed by atoms with Crippen LogP contribution < -0.4 is 16.0 Å². The predicted molar refractivity (Wildman–Crippen MR) is 102 cm³/mol. The number of halogens is 3. The SMILES string of the molecule is CCCCCC(=O)N[C@@H](NC(=S)Nc1ccccc1)C(Cl)(Cl)Cl. The summed E-state index contributed by atoms with van der Waals surface area (Å²) in [6, 6.07) is 9.32. The number of hydrogen-bond donors (Lipinski definition) is 3. The second kappa shape index (κ2) is 10.2. The number of nitrogens with one attached hydrogen (secondary N) is 3. The molecule has 0 radical (unpaired) electrons. The molecule has 4 nitrogen and oxygen atoms in total. The quantitative estimate of drug-likeness (QED) is 0.277. The highest BCUT2D eigenvalue weighted by molar-refractivity contribution is 7.80. The molecule has 0 saturated carbocycles. The number of benzene rings is 1. The average molecular weight is 397 g/mol. The Bertz CT molecular complexity index is 508. The summed E-state index contributed by atoms with van der Waals surface area (Å²) >= 11 is 22.9. The van der Waals surface area contributed by atoms with Crippen LogP contribution in [0.4, 0.5) is 5.69 Å². The molecule has 0 heterocycles. The van der Waals surface area contributed by atoms with E-state index in [1.54, 1.807) is 0 Å². The number of carbonyl (C=O) groups is 1. The Kier molecular flexibility index (Phi) is 8.99. The van der Waals surface area contributed by atoms with Crippen molar-refractivity contribution in [2.24, 2.45) is 0 Å². The molecule has 0 spiro atoms. The van der Waals surface area contributed by atoms with Gasteiger partial charge in [0.2, 0.25) is 9.70 Å². The molecule has 0 bridgehead atoms. The minimum atomic E-state index is -1.73. The van der Waals surface area contributed by atoms with Gasteiger partial charge in [0.15, 0.2) is 5.11 Å². The third-order valence-electron chi connectivity index (χ3n) is 2.95. The molecule has 1 aromatic rings. The lowest BCUT2D eigenvalue weighted by molar-refractivity contribution is -0.122. The molecule has 3 N–H and O–H groups in total. The van der Waals surface area contributed by atoms with Gasteiger partial charge in [-0.1, -0.05) is 72.8 Å². The van der Waals surface area contributed by atoms with Crippen LogP contribution in [0, 0.1) is 0 Å². The Morgan fingerprint density at radius 3 is 2.39 bits per heavy atom. The van der Waals surface area contributed by atoms with Crippen molar-refractivity contribution in [2.45, 2.75) is 42.6 Å². The van der Waals surface area contributed by atoms with E-state index in [4.69, 9.17) is 47.0 Å². The molecule has 8 heteroatoms. The fourth-order valence-corrected chi connectivity index (χ4v) is 2.35. The molecule has 0 unspecified atom stereocenters. The van der Waals surface area contributed by atoms with Gasteiger partial charge in [-0.15, -0.1) is 0 Å². The zero-order chi connectivity index (χ0) is 17.3. The molecule has 0 aliphatic rings. The summed E-state index contributed by atoms with van der Waals surface area (Å²) in [5.41, 5.74) is 0.794. The number of carbonyl (C=O) groups excluding carboxylic acids is 1. The number of hydrogen-bond acceptors (Lipinski definition) is 2. The molecular formula is C15H20Cl3N3OS. The first-order valence-corrected chi connectivity index (χ1v) is 8.85. The Balaban J connectivity index is 2.57. The van der Waals surface area contributed by atoms with Crippen LogP contribution in [-0.2, 0) is 4.79 Å². The van der Waals surface area contributed by atoms with Crippen molar-refractivity contribution in [2.75, 3.05) is 5.32 Å². The van der Waals surface area contributed by atoms with E-state index in [1.165, 1.54) is 0 Å². The normalized spacial score (nSPS) is 12.3. The van der Waals surface area contributed by atoms with E-state index in [1.807, 2.05) is 30.3 Å². The van der Waals surface area contributed by atoms with Crippen LogP contribution in [0.5, 0.6) is 0 Å². The zero-order valence-corrected chi connectivity index (χ0v) is 15.8. The molecule has 1 rings (SSSR count). The third-order valence-corrected chi connectivity index (χ3v) is 3.82. The van der Waals surface area contributed by atoms with Crippen molar-refractivity contribution in [1.82, 2.24) is 10.6 Å². The second-order valence-corrected chi connectivity index (χ2v) is 7.74. The summed E-state index contributed by atoms with van der Waals surface area (Å²) in [5.74, 6) is -0.190. The van der Waals surface area contributed by atoms with Gasteiger partial charge in [0, 0.05) is 12.1 Å². The van der Waals surface area contributed by atoms with E-state index in [0.717, 1.165) is 24.9 Å². The van der Waals surface area contributed by atoms with Crippen LogP contribution in [0.3, 0.4) is 0 Å². The number of anilines is 1. The number of alkyl halides is 3. The number of unbranched alkanes of at least 4 members (excludes halogenated alkanes) is 2. The molecule has 0 aliphatic heterocycles. The van der Waals surface area contributed by atoms with Crippen molar-refractivity contribution < 1.29 is 4.79 Å². The number of thiocarbonyl (C=S) groups is 1. The molecule has 1 aromatic carbocycles. The van der Waals surface area contributed by atoms with Crippen molar-refractivity contribution >= 4 is 63.7 Å². The Hall–Kier alpha value is -0.750. The van der Waals surface area contributed by atoms with Gasteiger partial charge in [-0.25, -0.2) is 0 Å². The van der Waals surface area contributed by atoms with Gasteiger partial charge in [0.1, 0.15) is 6.17 Å². The van der Waals surface area contributed by atoms with E-state index in [9.17, 15) is 4.79 Å². The van der Waals surface area contributed by atoms with Gasteiger partial charge < -0.3 is 16.0 Å². The molecule has 0 saturated heterocycles. The summed E-state index contributed by atoms with van der Waals surface area (Å²) in [7, 11) is 0. The Morgan fingerprint density at radius 2 is 1.83 bits per heavy atom. The lowest BCUT2D eigenvalue weighted by Gasteiger charge is -2.27. The first kappa shape index (κ1) is 20.3. The van der Waals surface area contributed by atoms with Gasteiger partial charge in [-0.05, 0) is 30.8 Å². The monoisotopic (exact) mass is 395 g/mol. The second-order valence-electron chi connectivity index (χ2n) is 4.96. The van der Waals surface area contributed by atoms with Crippen LogP contribution in [0.2, 0.25) is 0 Å². The summed E-state index contributed by atoms with van der Waals surface area (Å²) < 4.78 is -1.73. The first-order valence-electron chi connectivity index (χ1n) is 7.31. The minimum Gasteiger partial charge on any atom is -0.339 e. The zero-order valence-electron chi connectivity index (χ0n) is 12.7. The van der Waals surface area contributed by atoms with Gasteiger partial charge in [-0.2, -0.15) is 0 Å². The molecule has 23 heavy (non-hydrogen) atoms. The molecule has 0 aromatic heterocycles. The molecule has 0 aliphatic carbocycles. The van der Waals surface area contributed by atoms with E-state index >= 15 is 0 Å². The standard InChI is InChI=1S/C15H20Cl3N3OS/c1-2-3-5-10-12(22)20-13(15(16,17)18)21-14(23)19-11-8-6-4-7-9-11/h4,6-9,13H,2-3,5,10H2,1H3,(H,20,22)(H2,19,21,23)/t13-/m0/s1. The first-order chi connectivity index (χ1) is 10.8. The predicted octanol–water partition coefficient (Wildman–Crippen LogP) is 4.37. The molecule has 1 amide bonds. The highest BCUT2D eigenvalue weighted by atomic mass is 35.6. The molecule has 1 atom stereocenters. The fourth-order valence-electron chi connectivity index (χ4n) is 1.79. The van der Waals surface area contributed by atoms with E-state index in [-0.39, 0.29) is 11.0 Å². The Labute approximate surface area is 157 Å². The minimum absolute atomic E-state index is 0.190. The topological polar surface area (TPSA) is 53.2 Å². The number of para-hydroxylation sites is 1. The van der Waals surface area contributed by atoms with Gasteiger partial charge in [-0.3, -0.25) is 4.79 Å². The maximum Gasteiger partial charge on any atom is 0.228 e. The van der Waals surface area contributed by atoms with Crippen LogP contribution in [0.1, 0.15) is 32.6 Å². The number of amides is 1. The average Bonchev–Trinajstić information content (AvgIpc) is 2.47. The summed E-state index contributed by atoms with van der Waals surface area (Å²) in [6.07, 6.45) is 2.26. The van der Waals surface area contributed by atoms with Gasteiger partial charge in [0.25, 0.3) is 0 Å². The fraction of sp³-hybridized carbons (Fsp3) is 0.467. The number of rotatable bonds is 7. The third kappa shape index (κ3) is 8.61. The van der Waals surface area contributed by atoms with Crippen LogP contribution in [0.15, 0.2) is 30.3 Å². The molecule has 128 valence electrons. The van der Waals surface area contributed by atoms with Crippen molar-refractivity contribution in [3.8, 4) is 0 Å². The van der Waals surface area contributed by atoms with Crippen molar-refractivity contribution in [3.63, 3.8) is 0 Å². The highest BCUT2D eigenvalue weighted by Gasteiger charge is 2.34. The van der Waals surface area contributed by atoms with Crippen molar-refractivity contribution in [3.05, 3.63) is 30.3 Å². The highest BCUT2D eigenvalue weighted by Crippen LogP contribution is 2.29. The molecule has 0 fully saturated rings. The van der Waals surface area contributed by atoms with Gasteiger partial charge >= 0.3 is 0 Å². The van der Waals surface area contributed by atoms with E-state index in [0.29, 0.717) is 6.42 Å². The summed E-state index contributed by atoms with van der Waals surface area (Å²) in [4.78, 5) is 11.9. The smallest absolute Gasteiger partial charge is 0.228 e. The lowest BCUT2D eigenvalue weighted by Crippen LogP contribution is -2.56. The Morgan fingerprint density at radius 1 is 1.17 bits per heavy atom. The van der Waals surface area contributed by atoms with Crippen LogP contribution in [0.25, 0.3) is 0 Å². The largest absolute Gasteiger partial charge is 0.339 e. The van der Waals surface area contributed by atoms with E-state index < -0.39 is 9.96 Å². The van der Waals surface area contributed by atoms with Crippen LogP contribution >= 0.6 is 47.0 Å². The van der Waals surface area contributed by atoms with Crippen LogP contribution in [-0.4, -0.2) is 21.0 Å². The van der Waals surface area contributed by atoms with E-state index in [2.05, 4.69) is 22.9 Å².